The van der Waals surface area contributed by atoms with Crippen LogP contribution in [0, 0.1) is 28.2 Å². The van der Waals surface area contributed by atoms with E-state index in [1.165, 1.54) is 11.1 Å². The zero-order chi connectivity index (χ0) is 26.7. The van der Waals surface area contributed by atoms with E-state index in [2.05, 4.69) is 45.2 Å². The number of aliphatic hydroxyl groups is 1. The number of ether oxygens (including phenoxy) is 3. The molecule has 200 valence electrons. The van der Waals surface area contributed by atoms with Crippen LogP contribution in [0.5, 0.6) is 11.5 Å². The van der Waals surface area contributed by atoms with Gasteiger partial charge < -0.3 is 24.2 Å². The Morgan fingerprint density at radius 2 is 1.92 bits per heavy atom. The van der Waals surface area contributed by atoms with Gasteiger partial charge in [0.15, 0.2) is 17.7 Å². The summed E-state index contributed by atoms with van der Waals surface area (Å²) >= 11 is 0. The van der Waals surface area contributed by atoms with Gasteiger partial charge in [-0.3, -0.25) is 0 Å². The van der Waals surface area contributed by atoms with Crippen molar-refractivity contribution in [2.24, 2.45) is 16.7 Å². The Hall–Kier alpha value is -2.75. The summed E-state index contributed by atoms with van der Waals surface area (Å²) in [7, 11) is 1.80. The van der Waals surface area contributed by atoms with Gasteiger partial charge in [-0.15, -0.1) is 0 Å². The van der Waals surface area contributed by atoms with Gasteiger partial charge in [0.1, 0.15) is 18.3 Å². The molecule has 4 unspecified atom stereocenters. The van der Waals surface area contributed by atoms with Gasteiger partial charge in [-0.25, -0.2) is 0 Å². The highest BCUT2D eigenvalue weighted by Crippen LogP contribution is 2.81. The zero-order valence-electron chi connectivity index (χ0n) is 23.1. The molecule has 2 heterocycles. The summed E-state index contributed by atoms with van der Waals surface area (Å²) in [4.78, 5) is 2.02. The summed E-state index contributed by atoms with van der Waals surface area (Å²) in [6.45, 7) is 9.49. The lowest BCUT2D eigenvalue weighted by Crippen LogP contribution is -2.71. The second-order valence-corrected chi connectivity index (χ2v) is 13.6. The van der Waals surface area contributed by atoms with E-state index in [9.17, 15) is 10.4 Å². The molecule has 3 fully saturated rings. The Labute approximate surface area is 225 Å². The van der Waals surface area contributed by atoms with Gasteiger partial charge >= 0.3 is 0 Å². The van der Waals surface area contributed by atoms with Crippen molar-refractivity contribution in [2.75, 3.05) is 13.7 Å². The molecule has 1 saturated heterocycles. The van der Waals surface area contributed by atoms with Gasteiger partial charge in [-0.1, -0.05) is 57.2 Å². The van der Waals surface area contributed by atoms with Crippen LogP contribution in [-0.4, -0.2) is 47.0 Å². The number of benzene rings is 2. The first-order chi connectivity index (χ1) is 18.1. The van der Waals surface area contributed by atoms with E-state index in [0.29, 0.717) is 6.61 Å². The second kappa shape index (κ2) is 7.46. The van der Waals surface area contributed by atoms with Gasteiger partial charge in [0.25, 0.3) is 0 Å². The van der Waals surface area contributed by atoms with E-state index in [0.717, 1.165) is 49.3 Å². The SMILES string of the molecule is CO[C@]12CC3(C[C@@H]1C(C)(O)C(C)(C)C)C1Cc4ccc(OCc5ccccc5)c5c4C3(CCN1C#N)[C@H]2O5. The molecule has 7 atom stereocenters. The van der Waals surface area contributed by atoms with Crippen LogP contribution >= 0.6 is 0 Å². The smallest absolute Gasteiger partial charge is 0.179 e. The van der Waals surface area contributed by atoms with Crippen LogP contribution in [-0.2, 0) is 23.2 Å². The molecule has 7 rings (SSSR count). The molecule has 3 aliphatic carbocycles. The topological polar surface area (TPSA) is 75.0 Å². The van der Waals surface area contributed by atoms with Gasteiger partial charge in [-0.05, 0) is 55.2 Å². The van der Waals surface area contributed by atoms with E-state index < -0.39 is 11.2 Å². The molecule has 2 aliphatic heterocycles. The summed E-state index contributed by atoms with van der Waals surface area (Å²) in [6, 6.07) is 14.5. The molecular weight excluding hydrogens is 476 g/mol. The highest BCUT2D eigenvalue weighted by Gasteiger charge is 2.86. The number of nitriles is 1. The van der Waals surface area contributed by atoms with Crippen molar-refractivity contribution in [3.63, 3.8) is 0 Å². The number of nitrogens with zero attached hydrogens (tertiary/aromatic N) is 2. The lowest BCUT2D eigenvalue weighted by molar-refractivity contribution is -0.210. The zero-order valence-corrected chi connectivity index (χ0v) is 23.1. The number of methoxy groups -OCH3 is 1. The number of hydrogen-bond donors (Lipinski definition) is 1. The molecule has 6 nitrogen and oxygen atoms in total. The van der Waals surface area contributed by atoms with E-state index in [1.807, 2.05) is 36.1 Å². The molecule has 6 heteroatoms. The van der Waals surface area contributed by atoms with Crippen molar-refractivity contribution in [3.05, 3.63) is 59.2 Å². The standard InChI is InChI=1S/C32H38N2O4/c1-28(2,3)29(4,35)23-16-30-18-32(23,36-5)27-31(30)13-14-34(19-33)24(30)15-21-11-12-22(26(38-27)25(21)31)37-17-20-9-7-6-8-10-20/h6-12,23-24,27,35H,13-18H2,1-5H3/t23-,24?,27-,29?,30?,31?,32-/m1/s1. The van der Waals surface area contributed by atoms with E-state index in [4.69, 9.17) is 14.2 Å². The number of hydrogen-bond acceptors (Lipinski definition) is 6. The van der Waals surface area contributed by atoms with Crippen molar-refractivity contribution in [1.29, 1.82) is 5.26 Å². The quantitative estimate of drug-likeness (QED) is 0.568. The Balaban J connectivity index is 1.40. The molecule has 2 spiro atoms. The maximum absolute atomic E-state index is 12.1. The average molecular weight is 515 g/mol. The first-order valence-electron chi connectivity index (χ1n) is 14.0. The van der Waals surface area contributed by atoms with Gasteiger partial charge in [0, 0.05) is 42.0 Å². The fourth-order valence-corrected chi connectivity index (χ4v) is 9.41. The lowest BCUT2D eigenvalue weighted by atomic mass is 9.46. The molecule has 0 aromatic heterocycles. The van der Waals surface area contributed by atoms with E-state index >= 15 is 0 Å². The summed E-state index contributed by atoms with van der Waals surface area (Å²) in [5.74, 6) is 1.51. The third kappa shape index (κ3) is 2.60. The van der Waals surface area contributed by atoms with Crippen molar-refractivity contribution < 1.29 is 19.3 Å². The summed E-state index contributed by atoms with van der Waals surface area (Å²) < 4.78 is 20.1. The van der Waals surface area contributed by atoms with Crippen LogP contribution in [0.4, 0.5) is 0 Å². The molecule has 0 amide bonds. The Morgan fingerprint density at radius 3 is 2.61 bits per heavy atom. The predicted octanol–water partition coefficient (Wildman–Crippen LogP) is 4.97. The van der Waals surface area contributed by atoms with Crippen LogP contribution in [0.25, 0.3) is 0 Å². The van der Waals surface area contributed by atoms with Gasteiger partial charge in [0.05, 0.1) is 5.60 Å². The molecule has 0 radical (unpaired) electrons. The van der Waals surface area contributed by atoms with Crippen LogP contribution in [0.1, 0.15) is 63.6 Å². The summed E-state index contributed by atoms with van der Waals surface area (Å²) in [6.07, 6.45) is 5.58. The average Bonchev–Trinajstić information content (AvgIpc) is 3.50. The normalized spacial score (nSPS) is 37.3. The summed E-state index contributed by atoms with van der Waals surface area (Å²) in [5.41, 5.74) is 1.22. The van der Waals surface area contributed by atoms with Gasteiger partial charge in [0.2, 0.25) is 0 Å². The molecule has 2 aromatic carbocycles. The first kappa shape index (κ1) is 24.3. The molecule has 38 heavy (non-hydrogen) atoms. The number of piperidine rings is 1. The molecule has 2 saturated carbocycles. The lowest BCUT2D eigenvalue weighted by Gasteiger charge is -2.62. The highest BCUT2D eigenvalue weighted by atomic mass is 16.6. The number of likely N-dealkylation sites (tertiary alicyclic amines) is 1. The minimum absolute atomic E-state index is 0.0691. The molecular formula is C32H38N2O4. The fourth-order valence-electron chi connectivity index (χ4n) is 9.41. The Morgan fingerprint density at radius 1 is 1.16 bits per heavy atom. The third-order valence-corrected chi connectivity index (χ3v) is 11.5. The van der Waals surface area contributed by atoms with Crippen LogP contribution in [0.3, 0.4) is 0 Å². The first-order valence-corrected chi connectivity index (χ1v) is 14.0. The largest absolute Gasteiger partial charge is 0.485 e. The monoisotopic (exact) mass is 514 g/mol. The second-order valence-electron chi connectivity index (χ2n) is 13.6. The van der Waals surface area contributed by atoms with E-state index in [1.54, 1.807) is 7.11 Å². The van der Waals surface area contributed by atoms with Crippen LogP contribution < -0.4 is 9.47 Å². The molecule has 5 aliphatic rings. The van der Waals surface area contributed by atoms with Crippen molar-refractivity contribution in [1.82, 2.24) is 4.90 Å². The van der Waals surface area contributed by atoms with Gasteiger partial charge in [-0.2, -0.15) is 5.26 Å². The van der Waals surface area contributed by atoms with Crippen LogP contribution in [0.15, 0.2) is 42.5 Å². The Kier molecular flexibility index (Phi) is 4.77. The minimum atomic E-state index is -0.981. The third-order valence-electron chi connectivity index (χ3n) is 11.5. The van der Waals surface area contributed by atoms with Crippen molar-refractivity contribution in [2.45, 2.75) is 88.7 Å². The molecule has 4 bridgehead atoms. The molecule has 2 aromatic rings. The predicted molar refractivity (Wildman–Crippen MR) is 143 cm³/mol. The number of rotatable bonds is 5. The number of fused-ring (bicyclic) bond motifs is 2. The fraction of sp³-hybridized carbons (Fsp3) is 0.594. The highest BCUT2D eigenvalue weighted by molar-refractivity contribution is 5.65. The van der Waals surface area contributed by atoms with Crippen molar-refractivity contribution >= 4 is 0 Å². The maximum Gasteiger partial charge on any atom is 0.179 e. The van der Waals surface area contributed by atoms with Crippen molar-refractivity contribution in [3.8, 4) is 17.7 Å². The molecule has 1 N–H and O–H groups in total. The minimum Gasteiger partial charge on any atom is -0.485 e. The van der Waals surface area contributed by atoms with E-state index in [-0.39, 0.29) is 34.3 Å². The Bertz CT molecular complexity index is 1340. The summed E-state index contributed by atoms with van der Waals surface area (Å²) in [5, 5.41) is 22.4. The van der Waals surface area contributed by atoms with Crippen LogP contribution in [0.2, 0.25) is 0 Å². The maximum atomic E-state index is 12.1.